The van der Waals surface area contributed by atoms with Gasteiger partial charge in [0.15, 0.2) is 0 Å². The normalized spacial score (nSPS) is 16.1. The molecule has 0 saturated carbocycles. The maximum atomic E-state index is 11.2. The lowest BCUT2D eigenvalue weighted by molar-refractivity contribution is -0.385. The summed E-state index contributed by atoms with van der Waals surface area (Å²) in [5.41, 5.74) is -0.331. The molecule has 0 bridgehead atoms. The van der Waals surface area contributed by atoms with Crippen LogP contribution in [0.2, 0.25) is 0 Å². The molecule has 9 heteroatoms. The van der Waals surface area contributed by atoms with E-state index in [-0.39, 0.29) is 5.69 Å². The molecule has 0 atom stereocenters. The van der Waals surface area contributed by atoms with Gasteiger partial charge >= 0.3 is 0 Å². The zero-order chi connectivity index (χ0) is 19.6. The van der Waals surface area contributed by atoms with Gasteiger partial charge in [-0.3, -0.25) is 10.1 Å². The molecule has 0 unspecified atom stereocenters. The number of nitrogens with zero attached hydrogens (tertiary/aromatic N) is 3. The lowest BCUT2D eigenvalue weighted by Crippen LogP contribution is -2.43. The van der Waals surface area contributed by atoms with Crippen LogP contribution in [0.1, 0.15) is 18.4 Å². The van der Waals surface area contributed by atoms with Crippen molar-refractivity contribution in [1.29, 1.82) is 0 Å². The van der Waals surface area contributed by atoms with E-state index in [1.165, 1.54) is 12.3 Å². The largest absolute Gasteiger partial charge is 0.497 e. The summed E-state index contributed by atoms with van der Waals surface area (Å²) in [5, 5.41) is 22.0. The Hall–Kier alpha value is -2.39. The summed E-state index contributed by atoms with van der Waals surface area (Å²) in [6.45, 7) is 1.11. The van der Waals surface area contributed by atoms with E-state index >= 15 is 0 Å². The van der Waals surface area contributed by atoms with Crippen LogP contribution in [-0.2, 0) is 5.60 Å². The monoisotopic (exact) mass is 437 g/mol. The van der Waals surface area contributed by atoms with E-state index in [0.29, 0.717) is 47.7 Å². The Bertz CT molecular complexity index is 831. The molecular formula is C18H20BrN3O5. The van der Waals surface area contributed by atoms with Gasteiger partial charge < -0.3 is 19.5 Å². The first kappa shape index (κ1) is 19.4. The van der Waals surface area contributed by atoms with Crippen LogP contribution in [0.3, 0.4) is 0 Å². The van der Waals surface area contributed by atoms with Crippen molar-refractivity contribution in [2.75, 3.05) is 32.2 Å². The fraction of sp³-hybridized carbons (Fsp3) is 0.389. The first-order valence-electron chi connectivity index (χ1n) is 8.37. The number of ether oxygens (including phenoxy) is 2. The molecule has 1 N–H and O–H groups in total. The first-order chi connectivity index (χ1) is 12.9. The minimum atomic E-state index is -1.01. The van der Waals surface area contributed by atoms with Crippen molar-refractivity contribution in [1.82, 2.24) is 4.98 Å². The Kier molecular flexibility index (Phi) is 5.52. The smallest absolute Gasteiger partial charge is 0.288 e. The van der Waals surface area contributed by atoms with Crippen LogP contribution in [0, 0.1) is 10.1 Å². The van der Waals surface area contributed by atoms with Gasteiger partial charge in [0, 0.05) is 25.2 Å². The average molecular weight is 438 g/mol. The summed E-state index contributed by atoms with van der Waals surface area (Å²) in [4.78, 5) is 16.6. The number of aromatic nitrogens is 1. The van der Waals surface area contributed by atoms with E-state index in [2.05, 4.69) is 20.9 Å². The number of halogens is 1. The molecule has 0 aliphatic carbocycles. The van der Waals surface area contributed by atoms with E-state index in [1.807, 2.05) is 17.0 Å². The average Bonchev–Trinajstić information content (AvgIpc) is 2.68. The second kappa shape index (κ2) is 7.69. The lowest BCUT2D eigenvalue weighted by Gasteiger charge is -2.39. The SMILES string of the molecule is COc1cc(OC)cc(C2(O)CCN(c3ncc([N+](=O)[O-])cc3Br)CC2)c1. The number of hydrogen-bond donors (Lipinski definition) is 1. The number of benzene rings is 1. The molecule has 2 aromatic rings. The van der Waals surface area contributed by atoms with Crippen molar-refractivity contribution >= 4 is 27.4 Å². The standard InChI is InChI=1S/C18H20BrN3O5/c1-26-14-7-12(8-15(10-14)27-2)18(23)3-5-21(6-4-18)17-16(19)9-13(11-20-17)22(24)25/h7-11,23H,3-6H2,1-2H3. The highest BCUT2D eigenvalue weighted by Gasteiger charge is 2.35. The van der Waals surface area contributed by atoms with Gasteiger partial charge in [0.25, 0.3) is 5.69 Å². The second-order valence-electron chi connectivity index (χ2n) is 6.38. The van der Waals surface area contributed by atoms with Crippen LogP contribution in [0.25, 0.3) is 0 Å². The predicted molar refractivity (Wildman–Crippen MR) is 103 cm³/mol. The van der Waals surface area contributed by atoms with E-state index in [0.717, 1.165) is 5.56 Å². The Morgan fingerprint density at radius 2 is 1.78 bits per heavy atom. The molecule has 1 aliphatic heterocycles. The summed E-state index contributed by atoms with van der Waals surface area (Å²) in [6, 6.07) is 6.84. The van der Waals surface area contributed by atoms with Crippen LogP contribution in [-0.4, -0.2) is 42.3 Å². The highest BCUT2D eigenvalue weighted by Crippen LogP contribution is 2.39. The fourth-order valence-electron chi connectivity index (χ4n) is 3.21. The maximum absolute atomic E-state index is 11.2. The third kappa shape index (κ3) is 3.98. The van der Waals surface area contributed by atoms with E-state index in [9.17, 15) is 15.2 Å². The van der Waals surface area contributed by atoms with Gasteiger partial charge in [0.1, 0.15) is 23.5 Å². The summed E-state index contributed by atoms with van der Waals surface area (Å²) in [5.74, 6) is 1.88. The molecule has 8 nitrogen and oxygen atoms in total. The van der Waals surface area contributed by atoms with Gasteiger partial charge in [-0.25, -0.2) is 4.98 Å². The molecule has 27 heavy (non-hydrogen) atoms. The van der Waals surface area contributed by atoms with Crippen LogP contribution in [0.15, 0.2) is 34.9 Å². The van der Waals surface area contributed by atoms with Crippen molar-refractivity contribution in [3.8, 4) is 11.5 Å². The minimum absolute atomic E-state index is 0.0670. The van der Waals surface area contributed by atoms with Gasteiger partial charge in [-0.2, -0.15) is 0 Å². The molecule has 144 valence electrons. The molecular weight excluding hydrogens is 418 g/mol. The van der Waals surface area contributed by atoms with Gasteiger partial charge in [-0.15, -0.1) is 0 Å². The van der Waals surface area contributed by atoms with Crippen molar-refractivity contribution in [3.05, 3.63) is 50.6 Å². The Morgan fingerprint density at radius 1 is 1.19 bits per heavy atom. The molecule has 2 heterocycles. The second-order valence-corrected chi connectivity index (χ2v) is 7.23. The summed E-state index contributed by atoms with van der Waals surface area (Å²) >= 11 is 3.36. The molecule has 0 spiro atoms. The number of hydrogen-bond acceptors (Lipinski definition) is 7. The zero-order valence-electron chi connectivity index (χ0n) is 15.0. The van der Waals surface area contributed by atoms with Crippen molar-refractivity contribution in [2.24, 2.45) is 0 Å². The Balaban J connectivity index is 1.79. The topological polar surface area (TPSA) is 98.0 Å². The van der Waals surface area contributed by atoms with Crippen molar-refractivity contribution in [2.45, 2.75) is 18.4 Å². The Morgan fingerprint density at radius 3 is 2.26 bits per heavy atom. The number of pyridine rings is 1. The van der Waals surface area contributed by atoms with Crippen LogP contribution in [0.5, 0.6) is 11.5 Å². The molecule has 0 amide bonds. The zero-order valence-corrected chi connectivity index (χ0v) is 16.6. The molecule has 1 saturated heterocycles. The van der Waals surface area contributed by atoms with Crippen LogP contribution in [0.4, 0.5) is 11.5 Å². The molecule has 3 rings (SSSR count). The van der Waals surface area contributed by atoms with Gasteiger partial charge in [-0.05, 0) is 46.5 Å². The highest BCUT2D eigenvalue weighted by atomic mass is 79.9. The fourth-order valence-corrected chi connectivity index (χ4v) is 3.79. The first-order valence-corrected chi connectivity index (χ1v) is 9.16. The van der Waals surface area contributed by atoms with E-state index < -0.39 is 10.5 Å². The van der Waals surface area contributed by atoms with Crippen LogP contribution < -0.4 is 14.4 Å². The number of nitro groups is 1. The van der Waals surface area contributed by atoms with E-state index in [1.54, 1.807) is 20.3 Å². The lowest BCUT2D eigenvalue weighted by atomic mass is 9.84. The molecule has 1 aromatic carbocycles. The van der Waals surface area contributed by atoms with Crippen molar-refractivity contribution in [3.63, 3.8) is 0 Å². The number of aliphatic hydroxyl groups is 1. The molecule has 1 aromatic heterocycles. The Labute approximate surface area is 165 Å². The highest BCUT2D eigenvalue weighted by molar-refractivity contribution is 9.10. The molecule has 0 radical (unpaired) electrons. The minimum Gasteiger partial charge on any atom is -0.497 e. The van der Waals surface area contributed by atoms with Crippen LogP contribution >= 0.6 is 15.9 Å². The van der Waals surface area contributed by atoms with E-state index in [4.69, 9.17) is 9.47 Å². The number of anilines is 1. The third-order valence-electron chi connectivity index (χ3n) is 4.80. The van der Waals surface area contributed by atoms with Gasteiger partial charge in [0.2, 0.25) is 0 Å². The summed E-state index contributed by atoms with van der Waals surface area (Å²) in [6.07, 6.45) is 2.21. The predicted octanol–water partition coefficient (Wildman–Crippen LogP) is 3.26. The number of piperidine rings is 1. The third-order valence-corrected chi connectivity index (χ3v) is 5.38. The summed E-state index contributed by atoms with van der Waals surface area (Å²) < 4.78 is 11.2. The summed E-state index contributed by atoms with van der Waals surface area (Å²) in [7, 11) is 3.14. The van der Waals surface area contributed by atoms with Gasteiger partial charge in [0.05, 0.1) is 29.2 Å². The number of methoxy groups -OCH3 is 2. The maximum Gasteiger partial charge on any atom is 0.288 e. The van der Waals surface area contributed by atoms with Crippen molar-refractivity contribution < 1.29 is 19.5 Å². The quantitative estimate of drug-likeness (QED) is 0.565. The van der Waals surface area contributed by atoms with Gasteiger partial charge in [-0.1, -0.05) is 0 Å². The molecule has 1 fully saturated rings. The molecule has 1 aliphatic rings. The number of rotatable bonds is 5.